The van der Waals surface area contributed by atoms with Crippen LogP contribution in [0.2, 0.25) is 5.02 Å². The first-order chi connectivity index (χ1) is 9.61. The van der Waals surface area contributed by atoms with Crippen LogP contribution in [-0.4, -0.2) is 26.6 Å². The number of fused-ring (bicyclic) bond motifs is 1. The fourth-order valence-electron chi connectivity index (χ4n) is 1.94. The van der Waals surface area contributed by atoms with Crippen molar-refractivity contribution in [1.29, 1.82) is 0 Å². The van der Waals surface area contributed by atoms with Crippen LogP contribution < -0.4 is 10.5 Å². The lowest BCUT2D eigenvalue weighted by molar-refractivity contribution is 0.401. The third kappa shape index (κ3) is 1.83. The minimum Gasteiger partial charge on any atom is -0.479 e. The third-order valence-corrected chi connectivity index (χ3v) is 3.02. The number of hydrogen-bond donors (Lipinski definition) is 1. The Hall–Kier alpha value is -2.41. The molecule has 0 bridgehead atoms. The number of benzene rings is 1. The Morgan fingerprint density at radius 3 is 2.85 bits per heavy atom. The summed E-state index contributed by atoms with van der Waals surface area (Å²) >= 11 is 5.74. The summed E-state index contributed by atoms with van der Waals surface area (Å²) in [6.07, 6.45) is 1.30. The Bertz CT molecular complexity index is 804. The van der Waals surface area contributed by atoms with Gasteiger partial charge >= 0.3 is 0 Å². The van der Waals surface area contributed by atoms with Gasteiger partial charge < -0.3 is 10.5 Å². The molecular formula is C12H9ClFN5O. The van der Waals surface area contributed by atoms with Gasteiger partial charge in [0.25, 0.3) is 0 Å². The van der Waals surface area contributed by atoms with Crippen LogP contribution >= 0.6 is 11.6 Å². The molecule has 0 aliphatic carbocycles. The fraction of sp³-hybridized carbons (Fsp3) is 0.0833. The van der Waals surface area contributed by atoms with Crippen LogP contribution in [0.25, 0.3) is 16.9 Å². The largest absolute Gasteiger partial charge is 0.479 e. The van der Waals surface area contributed by atoms with Crippen molar-refractivity contribution in [2.24, 2.45) is 0 Å². The number of nitrogen functional groups attached to an aromatic ring is 1. The number of nitrogens with zero attached hydrogens (tertiary/aromatic N) is 4. The molecule has 0 aliphatic heterocycles. The van der Waals surface area contributed by atoms with Gasteiger partial charge in [-0.3, -0.25) is 4.57 Å². The molecule has 102 valence electrons. The van der Waals surface area contributed by atoms with E-state index in [1.807, 2.05) is 0 Å². The maximum Gasteiger partial charge on any atom is 0.245 e. The Morgan fingerprint density at radius 1 is 1.35 bits per heavy atom. The lowest BCUT2D eigenvalue weighted by Crippen LogP contribution is -2.03. The number of nitrogens with two attached hydrogens (primary N) is 1. The van der Waals surface area contributed by atoms with Crippen molar-refractivity contribution in [3.05, 3.63) is 35.4 Å². The van der Waals surface area contributed by atoms with Crippen LogP contribution in [0.5, 0.6) is 5.88 Å². The molecule has 0 atom stereocenters. The van der Waals surface area contributed by atoms with E-state index >= 15 is 0 Å². The van der Waals surface area contributed by atoms with Crippen LogP contribution in [0.1, 0.15) is 0 Å². The molecule has 3 rings (SSSR count). The minimum absolute atomic E-state index is 0.0834. The molecule has 0 spiro atoms. The average molecular weight is 294 g/mol. The molecule has 1 aromatic carbocycles. The molecule has 0 saturated carbocycles. The van der Waals surface area contributed by atoms with E-state index in [4.69, 9.17) is 22.1 Å². The van der Waals surface area contributed by atoms with Crippen LogP contribution in [0.3, 0.4) is 0 Å². The Morgan fingerprint density at radius 2 is 2.15 bits per heavy atom. The zero-order valence-electron chi connectivity index (χ0n) is 10.3. The predicted molar refractivity (Wildman–Crippen MR) is 72.6 cm³/mol. The molecule has 3 aromatic rings. The van der Waals surface area contributed by atoms with E-state index in [0.717, 1.165) is 0 Å². The standard InChI is InChI=1S/C12H9ClFN5O/c1-20-11-9-10(16-5-17-11)19(12(15)18-9)8-3-2-6(13)4-7(8)14/h2-5H,1H3,(H2,15,18). The molecule has 2 aromatic heterocycles. The Labute approximate surface area is 118 Å². The molecular weight excluding hydrogens is 285 g/mol. The first-order valence-corrected chi connectivity index (χ1v) is 5.98. The minimum atomic E-state index is -0.527. The van der Waals surface area contributed by atoms with E-state index in [0.29, 0.717) is 16.2 Å². The van der Waals surface area contributed by atoms with Crippen molar-refractivity contribution in [3.63, 3.8) is 0 Å². The van der Waals surface area contributed by atoms with E-state index in [1.54, 1.807) is 6.07 Å². The van der Waals surface area contributed by atoms with Crippen molar-refractivity contribution in [2.45, 2.75) is 0 Å². The number of imidazole rings is 1. The number of hydrogen-bond acceptors (Lipinski definition) is 5. The molecule has 8 heteroatoms. The van der Waals surface area contributed by atoms with Gasteiger partial charge in [0, 0.05) is 5.02 Å². The second-order valence-electron chi connectivity index (χ2n) is 3.96. The highest BCUT2D eigenvalue weighted by Crippen LogP contribution is 2.28. The van der Waals surface area contributed by atoms with E-state index < -0.39 is 5.82 Å². The highest BCUT2D eigenvalue weighted by atomic mass is 35.5. The van der Waals surface area contributed by atoms with Crippen LogP contribution in [0, 0.1) is 5.82 Å². The predicted octanol–water partition coefficient (Wildman–Crippen LogP) is 2.20. The maximum atomic E-state index is 14.0. The van der Waals surface area contributed by atoms with Crippen molar-refractivity contribution < 1.29 is 9.13 Å². The summed E-state index contributed by atoms with van der Waals surface area (Å²) in [5, 5.41) is 0.293. The van der Waals surface area contributed by atoms with Gasteiger partial charge in [-0.2, -0.15) is 4.98 Å². The summed E-state index contributed by atoms with van der Waals surface area (Å²) in [7, 11) is 1.46. The first kappa shape index (κ1) is 12.6. The molecule has 0 amide bonds. The fourth-order valence-corrected chi connectivity index (χ4v) is 2.10. The van der Waals surface area contributed by atoms with Gasteiger partial charge in [-0.1, -0.05) is 11.6 Å². The monoisotopic (exact) mass is 293 g/mol. The van der Waals surface area contributed by atoms with E-state index in [2.05, 4.69) is 15.0 Å². The van der Waals surface area contributed by atoms with Gasteiger partial charge in [0.05, 0.1) is 12.8 Å². The summed E-state index contributed by atoms with van der Waals surface area (Å²) in [4.78, 5) is 12.1. The summed E-state index contributed by atoms with van der Waals surface area (Å²) in [6.45, 7) is 0. The molecule has 2 heterocycles. The summed E-state index contributed by atoms with van der Waals surface area (Å²) in [5.41, 5.74) is 6.77. The zero-order chi connectivity index (χ0) is 14.3. The number of aromatic nitrogens is 4. The molecule has 0 radical (unpaired) electrons. The Kier molecular flexibility index (Phi) is 2.90. The highest BCUT2D eigenvalue weighted by molar-refractivity contribution is 6.30. The molecule has 6 nitrogen and oxygen atoms in total. The van der Waals surface area contributed by atoms with Gasteiger partial charge in [0.1, 0.15) is 12.1 Å². The maximum absolute atomic E-state index is 14.0. The summed E-state index contributed by atoms with van der Waals surface area (Å²) < 4.78 is 20.5. The highest BCUT2D eigenvalue weighted by Gasteiger charge is 2.18. The normalized spacial score (nSPS) is 10.9. The molecule has 0 aliphatic rings. The summed E-state index contributed by atoms with van der Waals surface area (Å²) in [6, 6.07) is 4.26. The topological polar surface area (TPSA) is 78.8 Å². The third-order valence-electron chi connectivity index (χ3n) is 2.78. The van der Waals surface area contributed by atoms with Crippen molar-refractivity contribution in [1.82, 2.24) is 19.5 Å². The summed E-state index contributed by atoms with van der Waals surface area (Å²) in [5.74, 6) is -0.170. The van der Waals surface area contributed by atoms with Crippen LogP contribution in [0.4, 0.5) is 10.3 Å². The average Bonchev–Trinajstić information content (AvgIpc) is 2.75. The van der Waals surface area contributed by atoms with E-state index in [-0.39, 0.29) is 17.5 Å². The first-order valence-electron chi connectivity index (χ1n) is 5.60. The molecule has 20 heavy (non-hydrogen) atoms. The van der Waals surface area contributed by atoms with Gasteiger partial charge in [0.2, 0.25) is 11.8 Å². The quantitative estimate of drug-likeness (QED) is 0.783. The number of ether oxygens (including phenoxy) is 1. The number of anilines is 1. The lowest BCUT2D eigenvalue weighted by atomic mass is 10.3. The van der Waals surface area contributed by atoms with Crippen LogP contribution in [0.15, 0.2) is 24.5 Å². The second kappa shape index (κ2) is 4.61. The number of halogens is 2. The van der Waals surface area contributed by atoms with E-state index in [9.17, 15) is 4.39 Å². The molecule has 0 fully saturated rings. The Balaban J connectivity index is 2.34. The molecule has 0 saturated heterocycles. The second-order valence-corrected chi connectivity index (χ2v) is 4.39. The number of rotatable bonds is 2. The van der Waals surface area contributed by atoms with Crippen molar-refractivity contribution >= 4 is 28.7 Å². The van der Waals surface area contributed by atoms with Gasteiger partial charge in [-0.15, -0.1) is 0 Å². The zero-order valence-corrected chi connectivity index (χ0v) is 11.1. The number of methoxy groups -OCH3 is 1. The molecule has 0 unspecified atom stereocenters. The lowest BCUT2D eigenvalue weighted by Gasteiger charge is -2.07. The van der Waals surface area contributed by atoms with Gasteiger partial charge in [-0.05, 0) is 18.2 Å². The van der Waals surface area contributed by atoms with Gasteiger partial charge in [-0.25, -0.2) is 14.4 Å². The van der Waals surface area contributed by atoms with Crippen LogP contribution in [-0.2, 0) is 0 Å². The van der Waals surface area contributed by atoms with Crippen molar-refractivity contribution in [2.75, 3.05) is 12.8 Å². The SMILES string of the molecule is COc1ncnc2c1nc(N)n2-c1ccc(Cl)cc1F. The van der Waals surface area contributed by atoms with Gasteiger partial charge in [0.15, 0.2) is 11.2 Å². The van der Waals surface area contributed by atoms with Crippen molar-refractivity contribution in [3.8, 4) is 11.6 Å². The van der Waals surface area contributed by atoms with E-state index in [1.165, 1.54) is 30.1 Å². The smallest absolute Gasteiger partial charge is 0.245 e. The molecule has 2 N–H and O–H groups in total.